The van der Waals surface area contributed by atoms with Crippen LogP contribution in [0.15, 0.2) is 27.1 Å². The molecule has 1 aromatic carbocycles. The van der Waals surface area contributed by atoms with Crippen LogP contribution in [0.4, 0.5) is 0 Å². The summed E-state index contributed by atoms with van der Waals surface area (Å²) in [6, 6.07) is 5.37. The molecule has 0 radical (unpaired) electrons. The number of aliphatic hydroxyl groups is 1. The molecule has 2 N–H and O–H groups in total. The fourth-order valence-corrected chi connectivity index (χ4v) is 2.99. The molecule has 1 rings (SSSR count). The number of nitrogens with one attached hydrogen (secondary N) is 1. The predicted molar refractivity (Wildman–Crippen MR) is 84.3 cm³/mol. The largest absolute Gasteiger partial charge is 0.391 e. The smallest absolute Gasteiger partial charge is 0.252 e. The van der Waals surface area contributed by atoms with Gasteiger partial charge in [-0.1, -0.05) is 36.7 Å². The van der Waals surface area contributed by atoms with Gasteiger partial charge in [0.25, 0.3) is 5.91 Å². The molecule has 0 heterocycles. The van der Waals surface area contributed by atoms with Crippen LogP contribution in [0, 0.1) is 5.41 Å². The lowest BCUT2D eigenvalue weighted by molar-refractivity contribution is 0.0868. The zero-order valence-corrected chi connectivity index (χ0v) is 14.5. The second-order valence-corrected chi connectivity index (χ2v) is 7.52. The van der Waals surface area contributed by atoms with Gasteiger partial charge >= 0.3 is 0 Å². The van der Waals surface area contributed by atoms with Gasteiger partial charge in [-0.3, -0.25) is 4.79 Å². The minimum Gasteiger partial charge on any atom is -0.391 e. The number of rotatable bonds is 4. The molecule has 19 heavy (non-hydrogen) atoms. The fourth-order valence-electron chi connectivity index (χ4n) is 1.76. The molecule has 1 amide bonds. The highest BCUT2D eigenvalue weighted by Gasteiger charge is 2.18. The van der Waals surface area contributed by atoms with Crippen molar-refractivity contribution in [2.75, 3.05) is 6.54 Å². The van der Waals surface area contributed by atoms with Crippen molar-refractivity contribution in [1.82, 2.24) is 5.32 Å². The Labute approximate surface area is 131 Å². The van der Waals surface area contributed by atoms with Crippen LogP contribution in [-0.2, 0) is 0 Å². The third kappa shape index (κ3) is 6.06. The monoisotopic (exact) mass is 391 g/mol. The molecular weight excluding hydrogens is 374 g/mol. The Balaban J connectivity index is 2.56. The van der Waals surface area contributed by atoms with Crippen molar-refractivity contribution in [2.45, 2.75) is 33.3 Å². The Kier molecular flexibility index (Phi) is 6.02. The lowest BCUT2D eigenvalue weighted by atomic mass is 9.89. The predicted octanol–water partition coefficient (Wildman–Crippen LogP) is 3.74. The van der Waals surface area contributed by atoms with E-state index >= 15 is 0 Å². The normalized spacial score (nSPS) is 13.2. The third-order valence-corrected chi connectivity index (χ3v) is 3.67. The Morgan fingerprint density at radius 2 is 2.00 bits per heavy atom. The van der Waals surface area contributed by atoms with Crippen LogP contribution in [0.25, 0.3) is 0 Å². The van der Waals surface area contributed by atoms with E-state index in [0.29, 0.717) is 12.0 Å². The van der Waals surface area contributed by atoms with Crippen LogP contribution in [0.2, 0.25) is 0 Å². The molecule has 0 aromatic heterocycles. The van der Waals surface area contributed by atoms with Crippen LogP contribution >= 0.6 is 31.9 Å². The second kappa shape index (κ2) is 6.86. The Hall–Kier alpha value is -0.390. The molecule has 0 spiro atoms. The van der Waals surface area contributed by atoms with Crippen molar-refractivity contribution in [3.05, 3.63) is 32.7 Å². The summed E-state index contributed by atoms with van der Waals surface area (Å²) < 4.78 is 1.63. The minimum absolute atomic E-state index is 0.0440. The number of aliphatic hydroxyl groups excluding tert-OH is 1. The van der Waals surface area contributed by atoms with E-state index in [0.717, 1.165) is 8.95 Å². The molecule has 0 aliphatic rings. The minimum atomic E-state index is -0.529. The van der Waals surface area contributed by atoms with Crippen molar-refractivity contribution in [3.63, 3.8) is 0 Å². The van der Waals surface area contributed by atoms with Gasteiger partial charge in [0, 0.05) is 15.5 Å². The van der Waals surface area contributed by atoms with Gasteiger partial charge in [0.2, 0.25) is 0 Å². The Morgan fingerprint density at radius 1 is 1.37 bits per heavy atom. The summed E-state index contributed by atoms with van der Waals surface area (Å²) in [6.45, 7) is 6.44. The van der Waals surface area contributed by atoms with Gasteiger partial charge in [0.1, 0.15) is 0 Å². The molecule has 1 atom stereocenters. The summed E-state index contributed by atoms with van der Waals surface area (Å²) in [5.41, 5.74) is 0.605. The van der Waals surface area contributed by atoms with Gasteiger partial charge in [-0.15, -0.1) is 0 Å². The summed E-state index contributed by atoms with van der Waals surface area (Å²) in [5.74, 6) is -0.188. The number of halogens is 2. The topological polar surface area (TPSA) is 49.3 Å². The highest BCUT2D eigenvalue weighted by Crippen LogP contribution is 2.22. The average molecular weight is 393 g/mol. The fraction of sp³-hybridized carbons (Fsp3) is 0.500. The standard InChI is InChI=1S/C14H19Br2NO2/c1-14(2,3)7-10(18)8-17-13(19)11-5-4-9(15)6-12(11)16/h4-6,10,18H,7-8H2,1-3H3,(H,17,19). The molecule has 0 aliphatic carbocycles. The van der Waals surface area contributed by atoms with Gasteiger partial charge in [0.05, 0.1) is 11.7 Å². The third-order valence-electron chi connectivity index (χ3n) is 2.52. The van der Waals surface area contributed by atoms with Crippen LogP contribution in [0.1, 0.15) is 37.6 Å². The van der Waals surface area contributed by atoms with E-state index in [1.54, 1.807) is 6.07 Å². The molecule has 5 heteroatoms. The van der Waals surface area contributed by atoms with Crippen LogP contribution < -0.4 is 5.32 Å². The van der Waals surface area contributed by atoms with Crippen LogP contribution in [0.5, 0.6) is 0 Å². The van der Waals surface area contributed by atoms with E-state index in [1.165, 1.54) is 0 Å². The Bertz CT molecular complexity index is 455. The molecule has 106 valence electrons. The molecule has 0 bridgehead atoms. The van der Waals surface area contributed by atoms with E-state index in [9.17, 15) is 9.90 Å². The van der Waals surface area contributed by atoms with E-state index in [4.69, 9.17) is 0 Å². The maximum atomic E-state index is 12.0. The highest BCUT2D eigenvalue weighted by molar-refractivity contribution is 9.11. The maximum Gasteiger partial charge on any atom is 0.252 e. The van der Waals surface area contributed by atoms with Crippen molar-refractivity contribution in [3.8, 4) is 0 Å². The second-order valence-electron chi connectivity index (χ2n) is 5.75. The van der Waals surface area contributed by atoms with Crippen molar-refractivity contribution in [1.29, 1.82) is 0 Å². The molecule has 0 aliphatic heterocycles. The van der Waals surface area contributed by atoms with Gasteiger partial charge in [-0.2, -0.15) is 0 Å². The number of carbonyl (C=O) groups excluding carboxylic acids is 1. The summed E-state index contributed by atoms with van der Waals surface area (Å²) in [6.07, 6.45) is 0.118. The first-order valence-electron chi connectivity index (χ1n) is 6.10. The zero-order chi connectivity index (χ0) is 14.6. The van der Waals surface area contributed by atoms with E-state index in [2.05, 4.69) is 57.9 Å². The number of hydrogen-bond acceptors (Lipinski definition) is 2. The van der Waals surface area contributed by atoms with Gasteiger partial charge in [0.15, 0.2) is 0 Å². The Morgan fingerprint density at radius 3 is 2.53 bits per heavy atom. The van der Waals surface area contributed by atoms with Gasteiger partial charge in [-0.05, 0) is 46.0 Å². The molecule has 0 saturated heterocycles. The zero-order valence-electron chi connectivity index (χ0n) is 11.3. The summed E-state index contributed by atoms with van der Waals surface area (Å²) >= 11 is 6.69. The number of hydrogen-bond donors (Lipinski definition) is 2. The van der Waals surface area contributed by atoms with Crippen LogP contribution in [-0.4, -0.2) is 23.7 Å². The number of carbonyl (C=O) groups is 1. The highest BCUT2D eigenvalue weighted by atomic mass is 79.9. The number of amides is 1. The SMILES string of the molecule is CC(C)(C)CC(O)CNC(=O)c1ccc(Br)cc1Br. The molecule has 0 saturated carbocycles. The van der Waals surface area contributed by atoms with Crippen molar-refractivity contribution < 1.29 is 9.90 Å². The summed E-state index contributed by atoms with van der Waals surface area (Å²) in [5, 5.41) is 12.6. The van der Waals surface area contributed by atoms with E-state index < -0.39 is 6.10 Å². The average Bonchev–Trinajstić information content (AvgIpc) is 2.23. The van der Waals surface area contributed by atoms with E-state index in [-0.39, 0.29) is 17.9 Å². The van der Waals surface area contributed by atoms with Crippen molar-refractivity contribution >= 4 is 37.8 Å². The quantitative estimate of drug-likeness (QED) is 0.819. The van der Waals surface area contributed by atoms with Gasteiger partial charge in [-0.25, -0.2) is 0 Å². The first kappa shape index (κ1) is 16.7. The lowest BCUT2D eigenvalue weighted by Crippen LogP contribution is -2.34. The maximum absolute atomic E-state index is 12.0. The first-order valence-corrected chi connectivity index (χ1v) is 7.69. The number of benzene rings is 1. The lowest BCUT2D eigenvalue weighted by Gasteiger charge is -2.22. The van der Waals surface area contributed by atoms with Crippen LogP contribution in [0.3, 0.4) is 0 Å². The van der Waals surface area contributed by atoms with Gasteiger partial charge < -0.3 is 10.4 Å². The molecular formula is C14H19Br2NO2. The first-order chi connectivity index (χ1) is 8.69. The van der Waals surface area contributed by atoms with Crippen molar-refractivity contribution in [2.24, 2.45) is 5.41 Å². The molecule has 1 aromatic rings. The molecule has 0 fully saturated rings. The summed E-state index contributed by atoms with van der Waals surface area (Å²) in [4.78, 5) is 12.0. The summed E-state index contributed by atoms with van der Waals surface area (Å²) in [7, 11) is 0. The molecule has 3 nitrogen and oxygen atoms in total. The van der Waals surface area contributed by atoms with E-state index in [1.807, 2.05) is 12.1 Å². The molecule has 1 unspecified atom stereocenters.